The van der Waals surface area contributed by atoms with Crippen molar-refractivity contribution in [3.8, 4) is 262 Å². The van der Waals surface area contributed by atoms with Gasteiger partial charge in [-0.25, -0.2) is 10.2 Å². The highest BCUT2D eigenvalue weighted by Gasteiger charge is 2.16. The lowest BCUT2D eigenvalue weighted by molar-refractivity contribution is 0.0540. The third kappa shape index (κ3) is 29.5. The summed E-state index contributed by atoms with van der Waals surface area (Å²) in [6.07, 6.45) is 9.24. The number of nitrogens with one attached hydrogen (secondary N) is 2. The Labute approximate surface area is 364 Å². The molecular weight excluding hydrogens is 763 g/mol. The van der Waals surface area contributed by atoms with Crippen LogP contribution in [0.15, 0.2) is 24.3 Å². The molecule has 274 valence electrons. The van der Waals surface area contributed by atoms with Gasteiger partial charge in [0.2, 0.25) is 0 Å². The number of amides is 2. The zero-order valence-electron chi connectivity index (χ0n) is 32.6. The number of hydrogen-bond donors (Lipinski definition) is 2. The molecule has 2 amide bonds. The Morgan fingerprint density at radius 3 is 0.952 bits per heavy atom. The van der Waals surface area contributed by atoms with Gasteiger partial charge in [0.05, 0.1) is 5.69 Å². The molecule has 0 atom stereocenters. The van der Waals surface area contributed by atoms with Crippen LogP contribution < -0.4 is 10.9 Å². The van der Waals surface area contributed by atoms with Gasteiger partial charge in [-0.05, 0) is 140 Å². The van der Waals surface area contributed by atoms with E-state index in [1.807, 2.05) is 0 Å². The van der Waals surface area contributed by atoms with E-state index in [0.717, 1.165) is 4.90 Å². The van der Waals surface area contributed by atoms with Gasteiger partial charge in [0, 0.05) is 160 Å². The van der Waals surface area contributed by atoms with Gasteiger partial charge in [0.15, 0.2) is 0 Å². The number of nitrogens with zero attached hydrogens (tertiary/aromatic N) is 1. The molecule has 0 unspecified atom stereocenters. The third-order valence-electron chi connectivity index (χ3n) is 4.77. The van der Waals surface area contributed by atoms with Crippen LogP contribution in [0.4, 0.5) is 10.5 Å². The monoisotopic (exact) mass is 779 g/mol. The van der Waals surface area contributed by atoms with Gasteiger partial charge in [0.25, 0.3) is 5.91 Å². The molecular formula is C56H17N3O3. The Morgan fingerprint density at radius 1 is 0.435 bits per heavy atom. The van der Waals surface area contributed by atoms with E-state index < -0.39 is 17.6 Å². The normalized spacial score (nSPS) is 6.08. The summed E-state index contributed by atoms with van der Waals surface area (Å²) >= 11 is 0. The number of rotatable bonds is 3. The Hall–Kier alpha value is -11.9. The minimum atomic E-state index is -0.683. The predicted octanol–water partition coefficient (Wildman–Crippen LogP) is 2.23. The number of terminal acetylenes is 2. The zero-order valence-corrected chi connectivity index (χ0v) is 32.6. The van der Waals surface area contributed by atoms with E-state index in [1.54, 1.807) is 32.9 Å². The van der Waals surface area contributed by atoms with Crippen LogP contribution in [0.2, 0.25) is 0 Å². The van der Waals surface area contributed by atoms with Gasteiger partial charge in [-0.1, -0.05) is 0 Å². The second-order valence-corrected chi connectivity index (χ2v) is 10.2. The largest absolute Gasteiger partial charge is 0.443 e. The fourth-order valence-electron chi connectivity index (χ4n) is 2.68. The SMILES string of the molecule is C#CC#CC#CC#CC#CC#CC#CC#CC#CC#CC#CN(C#CC#CC#CC#CC#CC#CC#CC#CC#CC#CC#C)C(=O)c1ccc(NNC(=O)OC(C)(C)C)cc1. The molecule has 0 aliphatic carbocycles. The van der Waals surface area contributed by atoms with Crippen LogP contribution in [0.25, 0.3) is 0 Å². The van der Waals surface area contributed by atoms with E-state index in [0.29, 0.717) is 5.69 Å². The van der Waals surface area contributed by atoms with Crippen LogP contribution in [0, 0.1) is 262 Å². The quantitative estimate of drug-likeness (QED) is 0.281. The molecule has 0 aliphatic heterocycles. The Morgan fingerprint density at radius 2 is 0.694 bits per heavy atom. The molecule has 0 saturated heterocycles. The molecule has 62 heavy (non-hydrogen) atoms. The van der Waals surface area contributed by atoms with Gasteiger partial charge in [-0.3, -0.25) is 10.2 Å². The number of ether oxygens (including phenoxy) is 1. The lowest BCUT2D eigenvalue weighted by Gasteiger charge is -2.20. The van der Waals surface area contributed by atoms with Crippen LogP contribution in [0.5, 0.6) is 0 Å². The van der Waals surface area contributed by atoms with E-state index in [4.69, 9.17) is 17.6 Å². The topological polar surface area (TPSA) is 70.7 Å². The maximum atomic E-state index is 13.3. The minimum Gasteiger partial charge on any atom is -0.443 e. The number of hydrogen-bond acceptors (Lipinski definition) is 4. The van der Waals surface area contributed by atoms with E-state index >= 15 is 0 Å². The average molecular weight is 780 g/mol. The second-order valence-electron chi connectivity index (χ2n) is 10.2. The molecule has 0 aromatic heterocycles. The van der Waals surface area contributed by atoms with Crippen molar-refractivity contribution in [3.63, 3.8) is 0 Å². The molecule has 1 rings (SSSR count). The van der Waals surface area contributed by atoms with Crippen molar-refractivity contribution < 1.29 is 14.3 Å². The smallest absolute Gasteiger partial charge is 0.426 e. The minimum absolute atomic E-state index is 0.210. The van der Waals surface area contributed by atoms with Crippen LogP contribution in [0.1, 0.15) is 31.1 Å². The van der Waals surface area contributed by atoms with E-state index in [9.17, 15) is 9.59 Å². The molecule has 1 aromatic carbocycles. The standard InChI is InChI=1S/C56H17N3O3/c1-6-8-10-12-14-16-18-20-22-24-26-28-30-32-34-36-38-40-42-44-50-59(54(60)52-46-48-53(49-47-52)57-58-55(61)62-56(3,4)5)51-45-43-41-39-37-35-33-31-29-27-25-23-21-19-17-15-13-11-9-7-2/h1-2,46-49,57H,3-5H3,(H,58,61). The highest BCUT2D eigenvalue weighted by atomic mass is 16.6. The fourth-order valence-corrected chi connectivity index (χ4v) is 2.68. The highest BCUT2D eigenvalue weighted by molar-refractivity contribution is 5.97. The van der Waals surface area contributed by atoms with Crippen molar-refractivity contribution >= 4 is 17.7 Å². The highest BCUT2D eigenvalue weighted by Crippen LogP contribution is 2.11. The van der Waals surface area contributed by atoms with Crippen LogP contribution in [-0.2, 0) is 4.74 Å². The lowest BCUT2D eigenvalue weighted by atomic mass is 10.2. The van der Waals surface area contributed by atoms with E-state index in [2.05, 4.69) is 260 Å². The van der Waals surface area contributed by atoms with Crippen molar-refractivity contribution in [1.82, 2.24) is 10.3 Å². The van der Waals surface area contributed by atoms with Gasteiger partial charge in [0.1, 0.15) is 5.60 Å². The molecule has 6 heteroatoms. The number of hydrazine groups is 1. The van der Waals surface area contributed by atoms with Gasteiger partial charge < -0.3 is 4.74 Å². The summed E-state index contributed by atoms with van der Waals surface area (Å²) < 4.78 is 5.18. The first-order chi connectivity index (χ1) is 30.3. The Kier molecular flexibility index (Phi) is 26.1. The van der Waals surface area contributed by atoms with Crippen LogP contribution >= 0.6 is 0 Å². The molecule has 0 saturated carbocycles. The molecule has 2 N–H and O–H groups in total. The Balaban J connectivity index is 3.08. The number of carbonyl (C=O) groups is 2. The maximum Gasteiger partial charge on any atom is 0.426 e. The van der Waals surface area contributed by atoms with Crippen molar-refractivity contribution in [2.45, 2.75) is 26.4 Å². The summed E-state index contributed by atoms with van der Waals surface area (Å²) in [6, 6.07) is 11.2. The van der Waals surface area contributed by atoms with Crippen LogP contribution in [0.3, 0.4) is 0 Å². The summed E-state index contributed by atoms with van der Waals surface area (Å²) in [5.41, 5.74) is 5.10. The van der Waals surface area contributed by atoms with E-state index in [-0.39, 0.29) is 5.56 Å². The van der Waals surface area contributed by atoms with Crippen molar-refractivity contribution in [1.29, 1.82) is 0 Å². The molecule has 1 aromatic rings. The molecule has 0 bridgehead atoms. The zero-order chi connectivity index (χ0) is 45.0. The first-order valence-electron chi connectivity index (χ1n) is 16.4. The first-order valence-corrected chi connectivity index (χ1v) is 16.4. The van der Waals surface area contributed by atoms with Gasteiger partial charge in [-0.15, -0.1) is 12.8 Å². The summed E-state index contributed by atoms with van der Waals surface area (Å²) in [4.78, 5) is 26.1. The third-order valence-corrected chi connectivity index (χ3v) is 4.77. The average Bonchev–Trinajstić information content (AvgIpc) is 3.25. The molecule has 0 radical (unpaired) electrons. The molecule has 0 spiro atoms. The number of benzene rings is 1. The van der Waals surface area contributed by atoms with E-state index in [1.165, 1.54) is 12.1 Å². The number of carbonyl (C=O) groups excluding carboxylic acids is 2. The van der Waals surface area contributed by atoms with Gasteiger partial charge in [-0.2, -0.15) is 4.90 Å². The van der Waals surface area contributed by atoms with Crippen molar-refractivity contribution in [2.75, 3.05) is 5.43 Å². The Bertz CT molecular complexity index is 3240. The fraction of sp³-hybridized carbons (Fsp3) is 0.0714. The second kappa shape index (κ2) is 33.6. The summed E-state index contributed by atoms with van der Waals surface area (Å²) in [5, 5.41) is 0. The van der Waals surface area contributed by atoms with Gasteiger partial charge >= 0.3 is 6.09 Å². The number of anilines is 1. The first kappa shape index (κ1) is 48.1. The molecule has 0 heterocycles. The van der Waals surface area contributed by atoms with Crippen molar-refractivity contribution in [3.05, 3.63) is 29.8 Å². The van der Waals surface area contributed by atoms with Crippen LogP contribution in [-0.4, -0.2) is 22.5 Å². The summed E-state index contributed by atoms with van der Waals surface area (Å²) in [7, 11) is 0. The molecule has 6 nitrogen and oxygen atoms in total. The predicted molar refractivity (Wildman–Crippen MR) is 239 cm³/mol. The molecule has 0 fully saturated rings. The molecule has 0 aliphatic rings. The lowest BCUT2D eigenvalue weighted by Crippen LogP contribution is -2.35. The maximum absolute atomic E-state index is 13.3. The summed E-state index contributed by atoms with van der Waals surface area (Å²) in [6.45, 7) is 5.20. The summed E-state index contributed by atoms with van der Waals surface area (Å²) in [5.74, 6) is 97.4. The van der Waals surface area contributed by atoms with Crippen molar-refractivity contribution in [2.24, 2.45) is 0 Å².